The summed E-state index contributed by atoms with van der Waals surface area (Å²) in [5.41, 5.74) is 15.9. The molecule has 8 aromatic carbocycles. The van der Waals surface area contributed by atoms with E-state index in [4.69, 9.17) is 9.97 Å². The first-order valence-electron chi connectivity index (χ1n) is 21.0. The third kappa shape index (κ3) is 5.19. The minimum absolute atomic E-state index is 0.0985. The Morgan fingerprint density at radius 1 is 0.508 bits per heavy atom. The SMILES string of the molecule is C=Cc1c(/C=C/c2cc3c4ccccc4n(-c4ccc5c(c4)C(C)(C)c4ccccc4-5)c3c3ccccc23)c2ccccc2n1-c1nc(-c2ccccc2)c2ccccc2n1. The van der Waals surface area contributed by atoms with Gasteiger partial charge in [0.2, 0.25) is 5.95 Å². The first-order chi connectivity index (χ1) is 30.0. The molecule has 1 aliphatic rings. The van der Waals surface area contributed by atoms with Gasteiger partial charge in [0.05, 0.1) is 33.5 Å². The average molecular weight is 781 g/mol. The molecule has 288 valence electrons. The van der Waals surface area contributed by atoms with Gasteiger partial charge < -0.3 is 4.57 Å². The third-order valence-corrected chi connectivity index (χ3v) is 12.9. The minimum Gasteiger partial charge on any atom is -0.309 e. The minimum atomic E-state index is -0.0985. The highest BCUT2D eigenvalue weighted by Crippen LogP contribution is 2.50. The molecule has 11 aromatic rings. The van der Waals surface area contributed by atoms with Crippen LogP contribution in [-0.2, 0) is 5.41 Å². The number of nitrogens with zero attached hydrogens (tertiary/aromatic N) is 4. The van der Waals surface area contributed by atoms with Gasteiger partial charge in [0, 0.05) is 49.2 Å². The summed E-state index contributed by atoms with van der Waals surface area (Å²) in [6.45, 7) is 9.07. The summed E-state index contributed by atoms with van der Waals surface area (Å²) in [4.78, 5) is 10.4. The Morgan fingerprint density at radius 3 is 1.95 bits per heavy atom. The predicted molar refractivity (Wildman–Crippen MR) is 257 cm³/mol. The number of hydrogen-bond donors (Lipinski definition) is 0. The molecule has 0 fully saturated rings. The van der Waals surface area contributed by atoms with Crippen LogP contribution in [0.15, 0.2) is 183 Å². The molecule has 0 amide bonds. The molecule has 12 rings (SSSR count). The molecule has 0 bridgehead atoms. The van der Waals surface area contributed by atoms with E-state index in [1.165, 1.54) is 60.5 Å². The number of hydrogen-bond acceptors (Lipinski definition) is 2. The van der Waals surface area contributed by atoms with Gasteiger partial charge in [-0.3, -0.25) is 4.57 Å². The van der Waals surface area contributed by atoms with Crippen molar-refractivity contribution < 1.29 is 0 Å². The monoisotopic (exact) mass is 780 g/mol. The van der Waals surface area contributed by atoms with Crippen molar-refractivity contribution in [2.75, 3.05) is 0 Å². The van der Waals surface area contributed by atoms with E-state index in [9.17, 15) is 0 Å². The van der Waals surface area contributed by atoms with Crippen LogP contribution in [0.1, 0.15) is 41.8 Å². The van der Waals surface area contributed by atoms with Crippen LogP contribution in [0.5, 0.6) is 0 Å². The van der Waals surface area contributed by atoms with Crippen LogP contribution in [0.25, 0.3) is 107 Å². The second kappa shape index (κ2) is 13.4. The molecule has 3 heterocycles. The molecular weight excluding hydrogens is 741 g/mol. The van der Waals surface area contributed by atoms with E-state index in [1.807, 2.05) is 24.3 Å². The van der Waals surface area contributed by atoms with Crippen molar-refractivity contribution in [1.29, 1.82) is 0 Å². The normalized spacial score (nSPS) is 13.2. The van der Waals surface area contributed by atoms with Gasteiger partial charge in [0.25, 0.3) is 0 Å². The number of benzene rings is 8. The standard InChI is InChI=1S/C57H40N4/c1-4-51-44(42-22-12-17-29-53(42)61(51)56-58-50-27-15-11-25-46(50)54(59-56)36-18-6-5-7-19-36)32-30-37-34-47-43-23-13-16-28-52(43)60(55(47)45-24-9-8-20-39(37)45)38-31-33-41-40-21-10-14-26-48(40)57(2,3)49(41)35-38/h4-35H,1H2,2-3H3/b32-30+. The topological polar surface area (TPSA) is 35.6 Å². The summed E-state index contributed by atoms with van der Waals surface area (Å²) in [7, 11) is 0. The van der Waals surface area contributed by atoms with E-state index in [0.29, 0.717) is 5.95 Å². The lowest BCUT2D eigenvalue weighted by molar-refractivity contribution is 0.660. The van der Waals surface area contributed by atoms with Crippen molar-refractivity contribution in [3.05, 3.63) is 210 Å². The van der Waals surface area contributed by atoms with Crippen LogP contribution in [0, 0.1) is 0 Å². The zero-order chi connectivity index (χ0) is 40.8. The predicted octanol–water partition coefficient (Wildman–Crippen LogP) is 14.6. The lowest BCUT2D eigenvalue weighted by Gasteiger charge is -2.22. The van der Waals surface area contributed by atoms with Crippen molar-refractivity contribution in [3.8, 4) is 34.0 Å². The van der Waals surface area contributed by atoms with Crippen molar-refractivity contribution >= 4 is 72.6 Å². The molecule has 1 aliphatic carbocycles. The van der Waals surface area contributed by atoms with Crippen molar-refractivity contribution in [1.82, 2.24) is 19.1 Å². The van der Waals surface area contributed by atoms with Crippen LogP contribution in [0.4, 0.5) is 0 Å². The summed E-state index contributed by atoms with van der Waals surface area (Å²) in [6, 6.07) is 63.1. The lowest BCUT2D eigenvalue weighted by Crippen LogP contribution is -2.15. The summed E-state index contributed by atoms with van der Waals surface area (Å²) in [5.74, 6) is 0.613. The van der Waals surface area contributed by atoms with Crippen molar-refractivity contribution in [3.63, 3.8) is 0 Å². The molecule has 0 saturated carbocycles. The Hall–Kier alpha value is -7.82. The van der Waals surface area contributed by atoms with E-state index < -0.39 is 0 Å². The molecule has 4 nitrogen and oxygen atoms in total. The average Bonchev–Trinajstić information content (AvgIpc) is 3.90. The smallest absolute Gasteiger partial charge is 0.235 e. The molecular formula is C57H40N4. The maximum Gasteiger partial charge on any atom is 0.235 e. The van der Waals surface area contributed by atoms with E-state index in [0.717, 1.165) is 49.9 Å². The van der Waals surface area contributed by atoms with Crippen LogP contribution in [-0.4, -0.2) is 19.1 Å². The van der Waals surface area contributed by atoms with E-state index in [-0.39, 0.29) is 5.41 Å². The molecule has 3 aromatic heterocycles. The van der Waals surface area contributed by atoms with Gasteiger partial charge in [0.15, 0.2) is 0 Å². The molecule has 0 N–H and O–H groups in total. The molecule has 4 heteroatoms. The number of aromatic nitrogens is 4. The largest absolute Gasteiger partial charge is 0.309 e. The fourth-order valence-corrected chi connectivity index (χ4v) is 10.1. The summed E-state index contributed by atoms with van der Waals surface area (Å²) < 4.78 is 4.64. The highest BCUT2D eigenvalue weighted by molar-refractivity contribution is 6.21. The van der Waals surface area contributed by atoms with Gasteiger partial charge >= 0.3 is 0 Å². The lowest BCUT2D eigenvalue weighted by atomic mass is 9.82. The number of rotatable bonds is 6. The quantitative estimate of drug-likeness (QED) is 0.168. The van der Waals surface area contributed by atoms with Gasteiger partial charge in [0.1, 0.15) is 0 Å². The molecule has 0 saturated heterocycles. The van der Waals surface area contributed by atoms with Gasteiger partial charge in [-0.05, 0) is 75.7 Å². The fourth-order valence-electron chi connectivity index (χ4n) is 10.1. The number of para-hydroxylation sites is 3. The first kappa shape index (κ1) is 35.2. The first-order valence-corrected chi connectivity index (χ1v) is 21.0. The Balaban J connectivity index is 1.05. The Labute approximate surface area is 354 Å². The van der Waals surface area contributed by atoms with E-state index >= 15 is 0 Å². The zero-order valence-electron chi connectivity index (χ0n) is 34.0. The van der Waals surface area contributed by atoms with Crippen LogP contribution < -0.4 is 0 Å². The van der Waals surface area contributed by atoms with Crippen LogP contribution in [0.2, 0.25) is 0 Å². The molecule has 61 heavy (non-hydrogen) atoms. The molecule has 0 radical (unpaired) electrons. The zero-order valence-corrected chi connectivity index (χ0v) is 34.0. The van der Waals surface area contributed by atoms with Crippen molar-refractivity contribution in [2.45, 2.75) is 19.3 Å². The second-order valence-corrected chi connectivity index (χ2v) is 16.6. The fraction of sp³-hybridized carbons (Fsp3) is 0.0526. The summed E-state index contributed by atoms with van der Waals surface area (Å²) in [5, 5.41) is 6.98. The van der Waals surface area contributed by atoms with Gasteiger partial charge in [-0.1, -0.05) is 172 Å². The maximum absolute atomic E-state index is 5.28. The number of fused-ring (bicyclic) bond motifs is 10. The van der Waals surface area contributed by atoms with Gasteiger partial charge in [-0.2, -0.15) is 0 Å². The third-order valence-electron chi connectivity index (χ3n) is 12.9. The maximum atomic E-state index is 5.28. The Kier molecular flexibility index (Phi) is 7.69. The highest BCUT2D eigenvalue weighted by atomic mass is 15.2. The van der Waals surface area contributed by atoms with E-state index in [2.05, 4.69) is 199 Å². The second-order valence-electron chi connectivity index (χ2n) is 16.6. The molecule has 0 spiro atoms. The van der Waals surface area contributed by atoms with Gasteiger partial charge in [-0.25, -0.2) is 9.97 Å². The molecule has 0 atom stereocenters. The summed E-state index contributed by atoms with van der Waals surface area (Å²) in [6.07, 6.45) is 6.46. The van der Waals surface area contributed by atoms with Crippen LogP contribution in [0.3, 0.4) is 0 Å². The van der Waals surface area contributed by atoms with Crippen molar-refractivity contribution in [2.24, 2.45) is 0 Å². The Morgan fingerprint density at radius 2 is 1.15 bits per heavy atom. The molecule has 0 unspecified atom stereocenters. The van der Waals surface area contributed by atoms with Gasteiger partial charge in [-0.15, -0.1) is 0 Å². The van der Waals surface area contributed by atoms with Crippen LogP contribution >= 0.6 is 0 Å². The van der Waals surface area contributed by atoms with E-state index in [1.54, 1.807) is 0 Å². The summed E-state index contributed by atoms with van der Waals surface area (Å²) >= 11 is 0. The highest BCUT2D eigenvalue weighted by Gasteiger charge is 2.35. The molecule has 0 aliphatic heterocycles. The Bertz CT molecular complexity index is 3640.